The maximum absolute atomic E-state index is 13.3. The zero-order chi connectivity index (χ0) is 19.7. The van der Waals surface area contributed by atoms with Crippen molar-refractivity contribution in [2.75, 3.05) is 43.4 Å². The first-order valence-electron chi connectivity index (χ1n) is 10.3. The lowest BCUT2D eigenvalue weighted by molar-refractivity contribution is -0.116. The van der Waals surface area contributed by atoms with Crippen LogP contribution in [0.15, 0.2) is 28.0 Å². The Kier molecular flexibility index (Phi) is 6.01. The molecule has 4 rings (SSSR count). The average molecular weight is 424 g/mol. The van der Waals surface area contributed by atoms with Gasteiger partial charge in [0.25, 0.3) is 0 Å². The van der Waals surface area contributed by atoms with E-state index < -0.39 is 10.0 Å². The van der Waals surface area contributed by atoms with Crippen molar-refractivity contribution in [3.63, 3.8) is 0 Å². The van der Waals surface area contributed by atoms with Gasteiger partial charge in [-0.05, 0) is 43.2 Å². The van der Waals surface area contributed by atoms with Gasteiger partial charge in [-0.1, -0.05) is 12.8 Å². The summed E-state index contributed by atoms with van der Waals surface area (Å²) in [6, 6.07) is 5.91. The van der Waals surface area contributed by atoms with Crippen molar-refractivity contribution in [1.29, 1.82) is 0 Å². The van der Waals surface area contributed by atoms with E-state index in [-0.39, 0.29) is 5.91 Å². The summed E-state index contributed by atoms with van der Waals surface area (Å²) in [7, 11) is -3.54. The first-order valence-corrected chi connectivity index (χ1v) is 12.7. The van der Waals surface area contributed by atoms with Crippen LogP contribution in [0, 0.1) is 0 Å². The van der Waals surface area contributed by atoms with Gasteiger partial charge in [0.2, 0.25) is 15.9 Å². The van der Waals surface area contributed by atoms with Crippen LogP contribution in [0.25, 0.3) is 0 Å². The second kappa shape index (κ2) is 8.34. The number of hydrogen-bond donors (Lipinski definition) is 0. The molecule has 8 heteroatoms. The average Bonchev–Trinajstić information content (AvgIpc) is 3.14. The number of rotatable bonds is 3. The lowest BCUT2D eigenvalue weighted by Crippen LogP contribution is -2.51. The molecule has 1 saturated heterocycles. The molecule has 1 aliphatic carbocycles. The van der Waals surface area contributed by atoms with Gasteiger partial charge in [-0.3, -0.25) is 9.69 Å². The minimum absolute atomic E-state index is 0.0384. The number of nitrogens with zero attached hydrogens (tertiary/aromatic N) is 3. The van der Waals surface area contributed by atoms with Crippen LogP contribution in [0.5, 0.6) is 0 Å². The van der Waals surface area contributed by atoms with Gasteiger partial charge in [0.15, 0.2) is 0 Å². The van der Waals surface area contributed by atoms with Gasteiger partial charge in [-0.15, -0.1) is 11.8 Å². The number of sulfonamides is 1. The fourth-order valence-electron chi connectivity index (χ4n) is 4.57. The Labute approximate surface area is 172 Å². The number of thioether (sulfide) groups is 1. The third-order valence-corrected chi connectivity index (χ3v) is 9.18. The monoisotopic (exact) mass is 423 g/mol. The standard InChI is InChI=1S/C20H29N3O3S2/c1-16(24)23-9-4-14-27-20-8-7-18(15-19(20)23)28(25,26)22-12-10-21(11-13-22)17-5-2-3-6-17/h7-8,15,17H,2-6,9-14H2,1H3. The largest absolute Gasteiger partial charge is 0.311 e. The zero-order valence-corrected chi connectivity index (χ0v) is 18.1. The first kappa shape index (κ1) is 20.2. The molecule has 0 bridgehead atoms. The molecule has 3 aliphatic rings. The number of fused-ring (bicyclic) bond motifs is 1. The molecule has 1 aromatic rings. The topological polar surface area (TPSA) is 60.9 Å². The SMILES string of the molecule is CC(=O)N1CCCSc2ccc(S(=O)(=O)N3CCN(C4CCCC4)CC3)cc21. The highest BCUT2D eigenvalue weighted by molar-refractivity contribution is 7.99. The van der Waals surface area contributed by atoms with Crippen molar-refractivity contribution in [1.82, 2.24) is 9.21 Å². The van der Waals surface area contributed by atoms with E-state index in [9.17, 15) is 13.2 Å². The Morgan fingerprint density at radius 1 is 1.04 bits per heavy atom. The summed E-state index contributed by atoms with van der Waals surface area (Å²) >= 11 is 1.69. The summed E-state index contributed by atoms with van der Waals surface area (Å²) in [5.41, 5.74) is 0.737. The summed E-state index contributed by atoms with van der Waals surface area (Å²) in [6.07, 6.45) is 5.99. The van der Waals surface area contributed by atoms with Crippen LogP contribution in [0.2, 0.25) is 0 Å². The Morgan fingerprint density at radius 3 is 2.43 bits per heavy atom. The normalized spacial score (nSPS) is 22.8. The molecule has 0 unspecified atom stereocenters. The molecule has 6 nitrogen and oxygen atoms in total. The molecule has 0 radical (unpaired) electrons. The molecule has 2 heterocycles. The van der Waals surface area contributed by atoms with Crippen LogP contribution >= 0.6 is 11.8 Å². The van der Waals surface area contributed by atoms with Crippen LogP contribution < -0.4 is 4.90 Å². The van der Waals surface area contributed by atoms with E-state index in [1.807, 2.05) is 6.07 Å². The Balaban J connectivity index is 1.54. The summed E-state index contributed by atoms with van der Waals surface area (Å²) in [5, 5.41) is 0. The first-order chi connectivity index (χ1) is 13.5. The van der Waals surface area contributed by atoms with Crippen LogP contribution in [0.3, 0.4) is 0 Å². The minimum atomic E-state index is -3.54. The molecule has 0 spiro atoms. The molecule has 1 saturated carbocycles. The molecular weight excluding hydrogens is 394 g/mol. The van der Waals surface area contributed by atoms with E-state index in [2.05, 4.69) is 4.90 Å². The second-order valence-electron chi connectivity index (χ2n) is 7.88. The van der Waals surface area contributed by atoms with Gasteiger partial charge < -0.3 is 4.90 Å². The van der Waals surface area contributed by atoms with E-state index >= 15 is 0 Å². The fourth-order valence-corrected chi connectivity index (χ4v) is 6.99. The Morgan fingerprint density at radius 2 is 1.75 bits per heavy atom. The van der Waals surface area contributed by atoms with E-state index in [0.29, 0.717) is 30.6 Å². The van der Waals surface area contributed by atoms with Crippen LogP contribution in [-0.2, 0) is 14.8 Å². The molecule has 2 fully saturated rings. The molecule has 154 valence electrons. The van der Waals surface area contributed by atoms with Gasteiger partial charge in [-0.2, -0.15) is 4.31 Å². The van der Waals surface area contributed by atoms with E-state index in [1.54, 1.807) is 40.0 Å². The summed E-state index contributed by atoms with van der Waals surface area (Å²) in [4.78, 5) is 17.6. The molecule has 1 aromatic carbocycles. The van der Waals surface area contributed by atoms with Crippen LogP contribution in [0.4, 0.5) is 5.69 Å². The lowest BCUT2D eigenvalue weighted by Gasteiger charge is -2.37. The third-order valence-electron chi connectivity index (χ3n) is 6.14. The number of carbonyl (C=O) groups excluding carboxylic acids is 1. The molecule has 2 aliphatic heterocycles. The van der Waals surface area contributed by atoms with Crippen molar-refractivity contribution in [2.45, 2.75) is 54.9 Å². The molecule has 1 amide bonds. The van der Waals surface area contributed by atoms with E-state index in [0.717, 1.165) is 35.8 Å². The maximum atomic E-state index is 13.3. The smallest absolute Gasteiger partial charge is 0.243 e. The van der Waals surface area contributed by atoms with Crippen molar-refractivity contribution in [3.05, 3.63) is 18.2 Å². The number of hydrogen-bond acceptors (Lipinski definition) is 5. The van der Waals surface area contributed by atoms with Gasteiger partial charge in [0, 0.05) is 50.6 Å². The second-order valence-corrected chi connectivity index (χ2v) is 11.0. The Hall–Kier alpha value is -1.09. The van der Waals surface area contributed by atoms with Gasteiger partial charge in [0.05, 0.1) is 10.6 Å². The molecule has 0 aromatic heterocycles. The molecule has 28 heavy (non-hydrogen) atoms. The predicted molar refractivity (Wildman–Crippen MR) is 112 cm³/mol. The van der Waals surface area contributed by atoms with Crippen molar-refractivity contribution < 1.29 is 13.2 Å². The molecule has 0 atom stereocenters. The van der Waals surface area contributed by atoms with Gasteiger partial charge >= 0.3 is 0 Å². The van der Waals surface area contributed by atoms with Crippen molar-refractivity contribution in [3.8, 4) is 0 Å². The molecular formula is C20H29N3O3S2. The summed E-state index contributed by atoms with van der Waals surface area (Å²) in [5.74, 6) is 0.898. The zero-order valence-electron chi connectivity index (χ0n) is 16.5. The number of piperazine rings is 1. The van der Waals surface area contributed by atoms with Gasteiger partial charge in [0.1, 0.15) is 0 Å². The van der Waals surface area contributed by atoms with Crippen molar-refractivity contribution >= 4 is 33.4 Å². The summed E-state index contributed by atoms with van der Waals surface area (Å²) < 4.78 is 28.1. The predicted octanol–water partition coefficient (Wildman–Crippen LogP) is 2.78. The van der Waals surface area contributed by atoms with E-state index in [1.165, 1.54) is 25.7 Å². The number of carbonyl (C=O) groups is 1. The molecule has 0 N–H and O–H groups in total. The lowest BCUT2D eigenvalue weighted by atomic mass is 10.2. The van der Waals surface area contributed by atoms with Gasteiger partial charge in [-0.25, -0.2) is 8.42 Å². The quantitative estimate of drug-likeness (QED) is 0.748. The highest BCUT2D eigenvalue weighted by Crippen LogP contribution is 2.36. The number of benzene rings is 1. The number of anilines is 1. The van der Waals surface area contributed by atoms with Crippen molar-refractivity contribution in [2.24, 2.45) is 0 Å². The highest BCUT2D eigenvalue weighted by atomic mass is 32.2. The maximum Gasteiger partial charge on any atom is 0.243 e. The minimum Gasteiger partial charge on any atom is -0.311 e. The third kappa shape index (κ3) is 3.97. The van der Waals surface area contributed by atoms with Crippen LogP contribution in [0.1, 0.15) is 39.0 Å². The highest BCUT2D eigenvalue weighted by Gasteiger charge is 2.33. The summed E-state index contributed by atoms with van der Waals surface area (Å²) in [6.45, 7) is 4.89. The number of amides is 1. The Bertz CT molecular complexity index is 829. The fraction of sp³-hybridized carbons (Fsp3) is 0.650. The van der Waals surface area contributed by atoms with E-state index in [4.69, 9.17) is 0 Å². The van der Waals surface area contributed by atoms with Crippen LogP contribution in [-0.4, -0.2) is 68.0 Å².